The molecule has 0 aliphatic carbocycles. The van der Waals surface area contributed by atoms with Gasteiger partial charge in [0.1, 0.15) is 5.52 Å². The van der Waals surface area contributed by atoms with Crippen molar-refractivity contribution in [2.75, 3.05) is 4.90 Å². The lowest BCUT2D eigenvalue weighted by atomic mass is 9.90. The SMILES string of the molecule is c1ccc(-c2ccc(N(c3ccc(-c4ccc5c(ccc6oc(-c7ccc8ccccc8c7)nc65)c4)cc3)c3ccc(-c4cccc5ccccc45)c(-c4ccccc4)c3)cc2)cc1. The Morgan fingerprint density at radius 2 is 0.859 bits per heavy atom. The number of hydrogen-bond acceptors (Lipinski definition) is 3. The highest BCUT2D eigenvalue weighted by Crippen LogP contribution is 2.43. The topological polar surface area (TPSA) is 29.3 Å². The second-order valence-corrected chi connectivity index (χ2v) is 16.3. The van der Waals surface area contributed by atoms with Crippen molar-refractivity contribution in [1.29, 1.82) is 0 Å². The fourth-order valence-corrected chi connectivity index (χ4v) is 9.25. The third-order valence-corrected chi connectivity index (χ3v) is 12.5. The number of nitrogens with zero attached hydrogens (tertiary/aromatic N) is 2. The zero-order chi connectivity index (χ0) is 42.4. The summed E-state index contributed by atoms with van der Waals surface area (Å²) in [6, 6.07) is 86.9. The van der Waals surface area contributed by atoms with Gasteiger partial charge >= 0.3 is 0 Å². The fraction of sp³-hybridized carbons (Fsp3) is 0. The molecule has 0 spiro atoms. The molecule has 300 valence electrons. The van der Waals surface area contributed by atoms with E-state index in [0.29, 0.717) is 5.89 Å². The van der Waals surface area contributed by atoms with Crippen molar-refractivity contribution in [2.24, 2.45) is 0 Å². The van der Waals surface area contributed by atoms with Gasteiger partial charge in [-0.3, -0.25) is 0 Å². The minimum atomic E-state index is 0.631. The quantitative estimate of drug-likeness (QED) is 0.153. The molecule has 11 aromatic carbocycles. The van der Waals surface area contributed by atoms with E-state index < -0.39 is 0 Å². The molecule has 0 unspecified atom stereocenters. The molecule has 64 heavy (non-hydrogen) atoms. The zero-order valence-electron chi connectivity index (χ0n) is 34.9. The Labute approximate surface area is 371 Å². The Bertz CT molecular complexity index is 3640. The number of hydrogen-bond donors (Lipinski definition) is 0. The Morgan fingerprint density at radius 3 is 1.62 bits per heavy atom. The summed E-state index contributed by atoms with van der Waals surface area (Å²) in [5, 5.41) is 7.02. The Morgan fingerprint density at radius 1 is 0.297 bits per heavy atom. The number of rotatable bonds is 8. The highest BCUT2D eigenvalue weighted by atomic mass is 16.3. The van der Waals surface area contributed by atoms with Crippen LogP contribution in [0.5, 0.6) is 0 Å². The average Bonchev–Trinajstić information content (AvgIpc) is 3.82. The molecule has 0 N–H and O–H groups in total. The molecule has 0 saturated heterocycles. The summed E-state index contributed by atoms with van der Waals surface area (Å²) in [7, 11) is 0. The number of anilines is 3. The van der Waals surface area contributed by atoms with E-state index in [0.717, 1.165) is 55.6 Å². The largest absolute Gasteiger partial charge is 0.436 e. The smallest absolute Gasteiger partial charge is 0.227 e. The molecule has 0 amide bonds. The molecule has 3 heteroatoms. The van der Waals surface area contributed by atoms with Gasteiger partial charge in [0.05, 0.1) is 0 Å². The van der Waals surface area contributed by atoms with E-state index in [-0.39, 0.29) is 0 Å². The van der Waals surface area contributed by atoms with Crippen LogP contribution in [0.3, 0.4) is 0 Å². The molecule has 3 nitrogen and oxygen atoms in total. The number of oxazole rings is 1. The van der Waals surface area contributed by atoms with Crippen molar-refractivity contribution < 1.29 is 4.42 Å². The third kappa shape index (κ3) is 6.77. The Balaban J connectivity index is 0.936. The summed E-state index contributed by atoms with van der Waals surface area (Å²) < 4.78 is 6.33. The van der Waals surface area contributed by atoms with Crippen LogP contribution in [0.25, 0.3) is 99.4 Å². The summed E-state index contributed by atoms with van der Waals surface area (Å²) in [5.74, 6) is 0.631. The van der Waals surface area contributed by atoms with Gasteiger partial charge in [-0.05, 0) is 132 Å². The maximum absolute atomic E-state index is 6.33. The van der Waals surface area contributed by atoms with Gasteiger partial charge in [0.2, 0.25) is 5.89 Å². The van der Waals surface area contributed by atoms with Crippen LogP contribution in [-0.4, -0.2) is 4.98 Å². The molecular formula is C61H40N2O. The first-order valence-electron chi connectivity index (χ1n) is 21.8. The maximum Gasteiger partial charge on any atom is 0.227 e. The van der Waals surface area contributed by atoms with Gasteiger partial charge < -0.3 is 9.32 Å². The first-order valence-corrected chi connectivity index (χ1v) is 21.8. The fourth-order valence-electron chi connectivity index (χ4n) is 9.25. The normalized spacial score (nSPS) is 11.4. The van der Waals surface area contributed by atoms with Crippen LogP contribution < -0.4 is 4.90 Å². The molecule has 0 bridgehead atoms. The van der Waals surface area contributed by atoms with Crippen molar-refractivity contribution in [3.05, 3.63) is 243 Å². The minimum absolute atomic E-state index is 0.631. The van der Waals surface area contributed by atoms with Crippen molar-refractivity contribution in [3.8, 4) is 56.0 Å². The highest BCUT2D eigenvalue weighted by Gasteiger charge is 2.19. The summed E-state index contributed by atoms with van der Waals surface area (Å²) >= 11 is 0. The van der Waals surface area contributed by atoms with Gasteiger partial charge in [0.15, 0.2) is 5.58 Å². The summed E-state index contributed by atoms with van der Waals surface area (Å²) in [6.45, 7) is 0. The molecule has 12 rings (SSSR count). The molecule has 12 aromatic rings. The van der Waals surface area contributed by atoms with Crippen molar-refractivity contribution in [3.63, 3.8) is 0 Å². The average molecular weight is 817 g/mol. The lowest BCUT2D eigenvalue weighted by Crippen LogP contribution is -2.10. The lowest BCUT2D eigenvalue weighted by molar-refractivity contribution is 0.620. The molecule has 0 radical (unpaired) electrons. The molecule has 0 fully saturated rings. The monoisotopic (exact) mass is 816 g/mol. The Hall–Kier alpha value is -8.53. The van der Waals surface area contributed by atoms with E-state index >= 15 is 0 Å². The predicted octanol–water partition coefficient (Wildman–Crippen LogP) is 17.1. The third-order valence-electron chi connectivity index (χ3n) is 12.5. The molecule has 0 atom stereocenters. The standard InChI is InChI=1S/C61H40N2O/c1-3-12-41(13-4-1)43-24-30-51(31-25-43)63(53-34-36-57(58(40-53)46-15-5-2-6-16-46)56-21-11-19-45-17-9-10-20-54(45)56)52-32-26-44(27-33-52)48-28-35-55-49(38-48)29-37-59-60(55)62-61(64-59)50-23-22-42-14-7-8-18-47(42)39-50/h1-40H. The summed E-state index contributed by atoms with van der Waals surface area (Å²) in [5.41, 5.74) is 15.3. The van der Waals surface area contributed by atoms with E-state index in [1.807, 2.05) is 6.07 Å². The number of fused-ring (bicyclic) bond motifs is 5. The van der Waals surface area contributed by atoms with Crippen LogP contribution in [0.15, 0.2) is 247 Å². The van der Waals surface area contributed by atoms with Crippen LogP contribution in [-0.2, 0) is 0 Å². The van der Waals surface area contributed by atoms with Gasteiger partial charge in [-0.2, -0.15) is 0 Å². The van der Waals surface area contributed by atoms with Gasteiger partial charge in [0.25, 0.3) is 0 Å². The molecular weight excluding hydrogens is 777 g/mol. The van der Waals surface area contributed by atoms with E-state index in [9.17, 15) is 0 Å². The van der Waals surface area contributed by atoms with Gasteiger partial charge in [0, 0.05) is 28.0 Å². The van der Waals surface area contributed by atoms with Crippen molar-refractivity contribution in [2.45, 2.75) is 0 Å². The van der Waals surface area contributed by atoms with Crippen molar-refractivity contribution >= 4 is 60.5 Å². The molecule has 1 aromatic heterocycles. The first-order chi connectivity index (χ1) is 31.7. The maximum atomic E-state index is 6.33. The van der Waals surface area contributed by atoms with E-state index in [2.05, 4.69) is 241 Å². The molecule has 1 heterocycles. The highest BCUT2D eigenvalue weighted by molar-refractivity contribution is 6.06. The molecule has 0 aliphatic rings. The van der Waals surface area contributed by atoms with Crippen molar-refractivity contribution in [1.82, 2.24) is 4.98 Å². The second-order valence-electron chi connectivity index (χ2n) is 16.3. The summed E-state index contributed by atoms with van der Waals surface area (Å²) in [4.78, 5) is 7.39. The second kappa shape index (κ2) is 15.7. The van der Waals surface area contributed by atoms with Crippen LogP contribution in [0.1, 0.15) is 0 Å². The minimum Gasteiger partial charge on any atom is -0.436 e. The van der Waals surface area contributed by atoms with Crippen LogP contribution in [0, 0.1) is 0 Å². The van der Waals surface area contributed by atoms with Gasteiger partial charge in [-0.1, -0.05) is 182 Å². The van der Waals surface area contributed by atoms with E-state index in [1.165, 1.54) is 54.9 Å². The Kier molecular flexibility index (Phi) is 9.16. The van der Waals surface area contributed by atoms with E-state index in [4.69, 9.17) is 9.40 Å². The predicted molar refractivity (Wildman–Crippen MR) is 268 cm³/mol. The molecule has 0 aliphatic heterocycles. The molecule has 0 saturated carbocycles. The van der Waals surface area contributed by atoms with E-state index in [1.54, 1.807) is 0 Å². The van der Waals surface area contributed by atoms with Crippen LogP contribution >= 0.6 is 0 Å². The number of aromatic nitrogens is 1. The zero-order valence-corrected chi connectivity index (χ0v) is 34.9. The first kappa shape index (κ1) is 37.2. The lowest BCUT2D eigenvalue weighted by Gasteiger charge is -2.27. The van der Waals surface area contributed by atoms with Crippen LogP contribution in [0.4, 0.5) is 17.1 Å². The number of benzene rings is 11. The van der Waals surface area contributed by atoms with Gasteiger partial charge in [-0.25, -0.2) is 4.98 Å². The van der Waals surface area contributed by atoms with Crippen LogP contribution in [0.2, 0.25) is 0 Å². The summed E-state index contributed by atoms with van der Waals surface area (Å²) in [6.07, 6.45) is 0. The van der Waals surface area contributed by atoms with Gasteiger partial charge in [-0.15, -0.1) is 0 Å².